The van der Waals surface area contributed by atoms with Gasteiger partial charge in [-0.15, -0.1) is 0 Å². The van der Waals surface area contributed by atoms with E-state index in [2.05, 4.69) is 10.3 Å². The number of hydrogen-bond acceptors (Lipinski definition) is 4. The summed E-state index contributed by atoms with van der Waals surface area (Å²) in [5, 5.41) is 3.41. The summed E-state index contributed by atoms with van der Waals surface area (Å²) in [5.41, 5.74) is 7.57. The fraction of sp³-hybridized carbons (Fsp3) is 0.0526. The molecule has 3 N–H and O–H groups in total. The van der Waals surface area contributed by atoms with Gasteiger partial charge in [0.15, 0.2) is 0 Å². The van der Waals surface area contributed by atoms with Gasteiger partial charge in [-0.2, -0.15) is 0 Å². The molecular formula is C19H16ClN3O2. The van der Waals surface area contributed by atoms with Crippen LogP contribution in [0.4, 0.5) is 11.5 Å². The molecule has 5 nitrogen and oxygen atoms in total. The fourth-order valence-electron chi connectivity index (χ4n) is 2.34. The van der Waals surface area contributed by atoms with Gasteiger partial charge in [-0.1, -0.05) is 17.7 Å². The SMILES string of the molecule is Cc1ccnc(N)c1C(=O)Nc1ccc(Oc2cccc(Cl)c2)cc1. The first-order valence-electron chi connectivity index (χ1n) is 7.59. The highest BCUT2D eigenvalue weighted by Crippen LogP contribution is 2.25. The van der Waals surface area contributed by atoms with Crippen LogP contribution in [0.2, 0.25) is 5.02 Å². The molecule has 6 heteroatoms. The molecule has 2 aromatic carbocycles. The molecule has 0 spiro atoms. The summed E-state index contributed by atoms with van der Waals surface area (Å²) < 4.78 is 5.71. The minimum absolute atomic E-state index is 0.207. The van der Waals surface area contributed by atoms with Crippen LogP contribution in [-0.4, -0.2) is 10.9 Å². The van der Waals surface area contributed by atoms with Crippen LogP contribution in [0, 0.1) is 6.92 Å². The number of anilines is 2. The largest absolute Gasteiger partial charge is 0.457 e. The smallest absolute Gasteiger partial charge is 0.259 e. The van der Waals surface area contributed by atoms with Crippen molar-refractivity contribution in [2.45, 2.75) is 6.92 Å². The van der Waals surface area contributed by atoms with E-state index in [0.717, 1.165) is 5.56 Å². The molecule has 0 atom stereocenters. The number of carbonyl (C=O) groups is 1. The van der Waals surface area contributed by atoms with Crippen molar-refractivity contribution in [3.05, 3.63) is 76.9 Å². The second-order valence-corrected chi connectivity index (χ2v) is 5.86. The molecule has 0 aliphatic heterocycles. The van der Waals surface area contributed by atoms with Gasteiger partial charge in [0.2, 0.25) is 0 Å². The molecule has 0 aliphatic carbocycles. The van der Waals surface area contributed by atoms with E-state index in [0.29, 0.717) is 27.8 Å². The van der Waals surface area contributed by atoms with Gasteiger partial charge in [0.1, 0.15) is 17.3 Å². The molecule has 1 heterocycles. The number of aryl methyl sites for hydroxylation is 1. The number of rotatable bonds is 4. The van der Waals surface area contributed by atoms with Crippen LogP contribution in [-0.2, 0) is 0 Å². The van der Waals surface area contributed by atoms with Crippen LogP contribution in [0.1, 0.15) is 15.9 Å². The number of amides is 1. The molecule has 126 valence electrons. The molecule has 1 aromatic heterocycles. The van der Waals surface area contributed by atoms with Gasteiger partial charge in [0.25, 0.3) is 5.91 Å². The van der Waals surface area contributed by atoms with E-state index in [1.54, 1.807) is 48.7 Å². The summed E-state index contributed by atoms with van der Waals surface area (Å²) in [6, 6.07) is 15.9. The van der Waals surface area contributed by atoms with Gasteiger partial charge in [-0.3, -0.25) is 4.79 Å². The van der Waals surface area contributed by atoms with Gasteiger partial charge in [-0.25, -0.2) is 4.98 Å². The summed E-state index contributed by atoms with van der Waals surface area (Å²) in [7, 11) is 0. The summed E-state index contributed by atoms with van der Waals surface area (Å²) in [4.78, 5) is 16.3. The fourth-order valence-corrected chi connectivity index (χ4v) is 2.52. The number of aromatic nitrogens is 1. The van der Waals surface area contributed by atoms with Crippen molar-refractivity contribution in [1.29, 1.82) is 0 Å². The summed E-state index contributed by atoms with van der Waals surface area (Å²) in [6.07, 6.45) is 1.57. The van der Waals surface area contributed by atoms with Crippen LogP contribution < -0.4 is 15.8 Å². The van der Waals surface area contributed by atoms with Crippen LogP contribution >= 0.6 is 11.6 Å². The van der Waals surface area contributed by atoms with Crippen molar-refractivity contribution in [2.75, 3.05) is 11.1 Å². The van der Waals surface area contributed by atoms with Gasteiger partial charge in [-0.05, 0) is 61.0 Å². The maximum absolute atomic E-state index is 12.4. The highest BCUT2D eigenvalue weighted by Gasteiger charge is 2.13. The minimum Gasteiger partial charge on any atom is -0.457 e. The zero-order valence-electron chi connectivity index (χ0n) is 13.5. The number of halogens is 1. The summed E-state index contributed by atoms with van der Waals surface area (Å²) in [5.74, 6) is 1.19. The summed E-state index contributed by atoms with van der Waals surface area (Å²) >= 11 is 5.93. The van der Waals surface area contributed by atoms with Crippen LogP contribution in [0.25, 0.3) is 0 Å². The lowest BCUT2D eigenvalue weighted by molar-refractivity contribution is 0.102. The Kier molecular flexibility index (Phi) is 4.86. The number of hydrogen-bond donors (Lipinski definition) is 2. The molecule has 0 saturated heterocycles. The van der Waals surface area contributed by atoms with Crippen molar-refractivity contribution in [3.63, 3.8) is 0 Å². The van der Waals surface area contributed by atoms with Gasteiger partial charge in [0.05, 0.1) is 5.56 Å². The Labute approximate surface area is 150 Å². The van der Waals surface area contributed by atoms with Crippen molar-refractivity contribution >= 4 is 29.0 Å². The quantitative estimate of drug-likeness (QED) is 0.714. The summed E-state index contributed by atoms with van der Waals surface area (Å²) in [6.45, 7) is 1.81. The molecule has 3 rings (SSSR count). The maximum atomic E-state index is 12.4. The lowest BCUT2D eigenvalue weighted by atomic mass is 10.1. The maximum Gasteiger partial charge on any atom is 0.259 e. The third kappa shape index (κ3) is 4.08. The minimum atomic E-state index is -0.299. The predicted molar refractivity (Wildman–Crippen MR) is 99.3 cm³/mol. The lowest BCUT2D eigenvalue weighted by Crippen LogP contribution is -2.16. The zero-order valence-corrected chi connectivity index (χ0v) is 14.2. The number of pyridine rings is 1. The standard InChI is InChI=1S/C19H16ClN3O2/c1-12-9-10-22-18(21)17(12)19(24)23-14-5-7-15(8-6-14)25-16-4-2-3-13(20)11-16/h2-11H,1H3,(H2,21,22)(H,23,24). The Hall–Kier alpha value is -3.05. The van der Waals surface area contributed by atoms with Crippen LogP contribution in [0.15, 0.2) is 60.8 Å². The Bertz CT molecular complexity index is 891. The molecule has 3 aromatic rings. The monoisotopic (exact) mass is 353 g/mol. The molecular weight excluding hydrogens is 338 g/mol. The van der Waals surface area contributed by atoms with Crippen molar-refractivity contribution in [3.8, 4) is 11.5 Å². The number of nitrogens with two attached hydrogens (primary N) is 1. The van der Waals surface area contributed by atoms with Crippen molar-refractivity contribution in [1.82, 2.24) is 4.98 Å². The van der Waals surface area contributed by atoms with Crippen molar-refractivity contribution in [2.24, 2.45) is 0 Å². The third-order valence-electron chi connectivity index (χ3n) is 3.56. The Morgan fingerprint density at radius 1 is 1.12 bits per heavy atom. The molecule has 0 fully saturated rings. The number of nitrogens with one attached hydrogen (secondary N) is 1. The van der Waals surface area contributed by atoms with E-state index in [1.807, 2.05) is 19.1 Å². The Morgan fingerprint density at radius 2 is 1.88 bits per heavy atom. The molecule has 1 amide bonds. The Balaban J connectivity index is 1.71. The average Bonchev–Trinajstić information content (AvgIpc) is 2.56. The van der Waals surface area contributed by atoms with Gasteiger partial charge in [0, 0.05) is 16.9 Å². The first-order chi connectivity index (χ1) is 12.0. The van der Waals surface area contributed by atoms with Gasteiger partial charge < -0.3 is 15.8 Å². The number of carbonyl (C=O) groups excluding carboxylic acids is 1. The zero-order chi connectivity index (χ0) is 17.8. The van der Waals surface area contributed by atoms with Crippen molar-refractivity contribution < 1.29 is 9.53 Å². The average molecular weight is 354 g/mol. The van der Waals surface area contributed by atoms with Crippen LogP contribution in [0.3, 0.4) is 0 Å². The molecule has 0 radical (unpaired) electrons. The van der Waals surface area contributed by atoms with E-state index in [1.165, 1.54) is 0 Å². The number of ether oxygens (including phenoxy) is 1. The first-order valence-corrected chi connectivity index (χ1v) is 7.96. The van der Waals surface area contributed by atoms with Crippen LogP contribution in [0.5, 0.6) is 11.5 Å². The normalized spacial score (nSPS) is 10.3. The second-order valence-electron chi connectivity index (χ2n) is 5.43. The van der Waals surface area contributed by atoms with E-state index < -0.39 is 0 Å². The molecule has 25 heavy (non-hydrogen) atoms. The van der Waals surface area contributed by atoms with Gasteiger partial charge >= 0.3 is 0 Å². The van der Waals surface area contributed by atoms with E-state index in [4.69, 9.17) is 22.1 Å². The number of nitrogen functional groups attached to an aromatic ring is 1. The molecule has 0 saturated carbocycles. The highest BCUT2D eigenvalue weighted by atomic mass is 35.5. The number of benzene rings is 2. The van der Waals surface area contributed by atoms with E-state index in [-0.39, 0.29) is 11.7 Å². The predicted octanol–water partition coefficient (Wildman–Crippen LogP) is 4.67. The first kappa shape index (κ1) is 16.8. The Morgan fingerprint density at radius 3 is 2.56 bits per heavy atom. The third-order valence-corrected chi connectivity index (χ3v) is 3.79. The van der Waals surface area contributed by atoms with E-state index in [9.17, 15) is 4.79 Å². The molecule has 0 aliphatic rings. The van der Waals surface area contributed by atoms with E-state index >= 15 is 0 Å². The highest BCUT2D eigenvalue weighted by molar-refractivity contribution is 6.30. The lowest BCUT2D eigenvalue weighted by Gasteiger charge is -2.10. The number of nitrogens with zero attached hydrogens (tertiary/aromatic N) is 1. The molecule has 0 bridgehead atoms. The topological polar surface area (TPSA) is 77.2 Å². The molecule has 0 unspecified atom stereocenters. The second kappa shape index (κ2) is 7.23.